The van der Waals surface area contributed by atoms with Gasteiger partial charge in [-0.05, 0) is 31.3 Å². The normalized spacial score (nSPS) is 19.7. The van der Waals surface area contributed by atoms with Crippen molar-refractivity contribution in [2.45, 2.75) is 25.3 Å². The number of aliphatic carboxylic acids is 1. The molecule has 1 saturated heterocycles. The maximum absolute atomic E-state index is 12.3. The van der Waals surface area contributed by atoms with E-state index in [-0.39, 0.29) is 12.5 Å². The predicted octanol–water partition coefficient (Wildman–Crippen LogP) is 0.0644. The molecule has 0 bridgehead atoms. The van der Waals surface area contributed by atoms with Crippen LogP contribution >= 0.6 is 11.8 Å². The van der Waals surface area contributed by atoms with E-state index in [1.165, 1.54) is 0 Å². The Balaban J connectivity index is 2.65. The molecular weight excluding hydrogens is 268 g/mol. The van der Waals surface area contributed by atoms with Crippen LogP contribution in [0.3, 0.4) is 0 Å². The molecule has 0 aromatic heterocycles. The van der Waals surface area contributed by atoms with Gasteiger partial charge in [0, 0.05) is 19.8 Å². The molecule has 1 aliphatic heterocycles. The predicted molar refractivity (Wildman–Crippen MR) is 74.1 cm³/mol. The van der Waals surface area contributed by atoms with Crippen LogP contribution in [0.1, 0.15) is 19.3 Å². The average Bonchev–Trinajstić information content (AvgIpc) is 2.43. The van der Waals surface area contributed by atoms with Crippen LogP contribution in [0, 0.1) is 5.41 Å². The first-order valence-electron chi connectivity index (χ1n) is 6.36. The Morgan fingerprint density at radius 3 is 2.58 bits per heavy atom. The highest BCUT2D eigenvalue weighted by Crippen LogP contribution is 2.29. The standard InChI is InChI=1S/C12H22N2O4S/c1-19-7-2-9(10(15)16)14-11(17)12(8-13)3-5-18-6-4-12/h9H,2-8,13H2,1H3,(H,14,17)(H,15,16)/t9-/m1/s1. The number of hydrogen-bond acceptors (Lipinski definition) is 5. The number of thioether (sulfide) groups is 1. The SMILES string of the molecule is CSCC[C@@H](NC(=O)C1(CN)CCOCC1)C(=O)O. The van der Waals surface area contributed by atoms with E-state index in [9.17, 15) is 9.59 Å². The summed E-state index contributed by atoms with van der Waals surface area (Å²) in [5, 5.41) is 11.7. The maximum atomic E-state index is 12.3. The highest BCUT2D eigenvalue weighted by molar-refractivity contribution is 7.98. The third-order valence-corrected chi connectivity index (χ3v) is 4.18. The lowest BCUT2D eigenvalue weighted by Crippen LogP contribution is -2.53. The first-order chi connectivity index (χ1) is 9.05. The molecule has 1 atom stereocenters. The number of nitrogens with one attached hydrogen (secondary N) is 1. The van der Waals surface area contributed by atoms with Gasteiger partial charge in [0.15, 0.2) is 0 Å². The fraction of sp³-hybridized carbons (Fsp3) is 0.833. The molecule has 1 aliphatic rings. The van der Waals surface area contributed by atoms with Gasteiger partial charge in [0.1, 0.15) is 6.04 Å². The van der Waals surface area contributed by atoms with Crippen LogP contribution in [0.15, 0.2) is 0 Å². The van der Waals surface area contributed by atoms with Crippen LogP contribution < -0.4 is 11.1 Å². The fourth-order valence-corrected chi connectivity index (χ4v) is 2.56. The Morgan fingerprint density at radius 2 is 2.11 bits per heavy atom. The van der Waals surface area contributed by atoms with E-state index in [4.69, 9.17) is 15.6 Å². The van der Waals surface area contributed by atoms with Gasteiger partial charge in [-0.3, -0.25) is 4.79 Å². The molecule has 0 aromatic carbocycles. The molecule has 0 saturated carbocycles. The lowest BCUT2D eigenvalue weighted by atomic mass is 9.79. The Hall–Kier alpha value is -0.790. The molecular formula is C12H22N2O4S. The Bertz CT molecular complexity index is 319. The van der Waals surface area contributed by atoms with Crippen molar-refractivity contribution >= 4 is 23.6 Å². The Morgan fingerprint density at radius 1 is 1.47 bits per heavy atom. The van der Waals surface area contributed by atoms with E-state index in [1.54, 1.807) is 11.8 Å². The molecule has 19 heavy (non-hydrogen) atoms. The summed E-state index contributed by atoms with van der Waals surface area (Å²) in [6.45, 7) is 1.21. The lowest BCUT2D eigenvalue weighted by Gasteiger charge is -2.35. The van der Waals surface area contributed by atoms with Gasteiger partial charge >= 0.3 is 5.97 Å². The molecule has 1 rings (SSSR count). The highest BCUT2D eigenvalue weighted by Gasteiger charge is 2.40. The minimum Gasteiger partial charge on any atom is -0.480 e. The van der Waals surface area contributed by atoms with E-state index >= 15 is 0 Å². The van der Waals surface area contributed by atoms with Crippen LogP contribution in [0.5, 0.6) is 0 Å². The molecule has 0 aromatic rings. The van der Waals surface area contributed by atoms with Gasteiger partial charge in [-0.15, -0.1) is 0 Å². The number of ether oxygens (including phenoxy) is 1. The number of amides is 1. The third kappa shape index (κ3) is 4.36. The summed E-state index contributed by atoms with van der Waals surface area (Å²) in [7, 11) is 0. The highest BCUT2D eigenvalue weighted by atomic mass is 32.2. The van der Waals surface area contributed by atoms with Crippen molar-refractivity contribution in [3.63, 3.8) is 0 Å². The second kappa shape index (κ2) is 7.72. The van der Waals surface area contributed by atoms with E-state index < -0.39 is 17.4 Å². The summed E-state index contributed by atoms with van der Waals surface area (Å²) in [6, 6.07) is -0.841. The summed E-state index contributed by atoms with van der Waals surface area (Å²) in [4.78, 5) is 23.4. The average molecular weight is 290 g/mol. The number of carbonyl (C=O) groups excluding carboxylic acids is 1. The zero-order chi connectivity index (χ0) is 14.3. The molecule has 110 valence electrons. The van der Waals surface area contributed by atoms with Crippen molar-refractivity contribution < 1.29 is 19.4 Å². The minimum atomic E-state index is -0.998. The number of rotatable bonds is 7. The molecule has 1 fully saturated rings. The summed E-state index contributed by atoms with van der Waals surface area (Å²) in [6.07, 6.45) is 3.41. The molecule has 0 spiro atoms. The molecule has 0 unspecified atom stereocenters. The fourth-order valence-electron chi connectivity index (χ4n) is 2.09. The molecule has 1 amide bonds. The number of carbonyl (C=O) groups is 2. The van der Waals surface area contributed by atoms with Gasteiger partial charge in [0.25, 0.3) is 0 Å². The maximum Gasteiger partial charge on any atom is 0.326 e. The number of carboxylic acid groups (broad SMARTS) is 1. The molecule has 7 heteroatoms. The van der Waals surface area contributed by atoms with E-state index in [0.717, 1.165) is 0 Å². The van der Waals surface area contributed by atoms with Crippen molar-refractivity contribution in [1.82, 2.24) is 5.32 Å². The molecule has 0 radical (unpaired) electrons. The van der Waals surface area contributed by atoms with Gasteiger partial charge in [0.05, 0.1) is 5.41 Å². The van der Waals surface area contributed by atoms with Gasteiger partial charge in [-0.1, -0.05) is 0 Å². The van der Waals surface area contributed by atoms with Gasteiger partial charge in [0.2, 0.25) is 5.91 Å². The van der Waals surface area contributed by atoms with Crippen molar-refractivity contribution in [3.05, 3.63) is 0 Å². The lowest BCUT2D eigenvalue weighted by molar-refractivity contribution is -0.145. The molecule has 4 N–H and O–H groups in total. The monoisotopic (exact) mass is 290 g/mol. The zero-order valence-electron chi connectivity index (χ0n) is 11.2. The van der Waals surface area contributed by atoms with E-state index in [1.807, 2.05) is 6.26 Å². The van der Waals surface area contributed by atoms with Crippen molar-refractivity contribution in [1.29, 1.82) is 0 Å². The number of nitrogens with two attached hydrogens (primary N) is 1. The quantitative estimate of drug-likeness (QED) is 0.613. The third-order valence-electron chi connectivity index (χ3n) is 3.54. The smallest absolute Gasteiger partial charge is 0.326 e. The first kappa shape index (κ1) is 16.3. The van der Waals surface area contributed by atoms with Crippen LogP contribution in [0.2, 0.25) is 0 Å². The topological polar surface area (TPSA) is 102 Å². The molecule has 6 nitrogen and oxygen atoms in total. The number of carboxylic acids is 1. The van der Waals surface area contributed by atoms with Crippen molar-refractivity contribution in [2.24, 2.45) is 11.1 Å². The minimum absolute atomic E-state index is 0.219. The van der Waals surface area contributed by atoms with Gasteiger partial charge in [-0.2, -0.15) is 11.8 Å². The van der Waals surface area contributed by atoms with Gasteiger partial charge in [-0.25, -0.2) is 4.79 Å². The Labute approximate surface area is 117 Å². The van der Waals surface area contributed by atoms with E-state index in [2.05, 4.69) is 5.32 Å². The van der Waals surface area contributed by atoms with Crippen LogP contribution in [-0.4, -0.2) is 54.8 Å². The van der Waals surface area contributed by atoms with Crippen molar-refractivity contribution in [3.8, 4) is 0 Å². The van der Waals surface area contributed by atoms with Crippen LogP contribution in [-0.2, 0) is 14.3 Å². The Kier molecular flexibility index (Phi) is 6.60. The van der Waals surface area contributed by atoms with Crippen LogP contribution in [0.25, 0.3) is 0 Å². The second-order valence-corrected chi connectivity index (χ2v) is 5.73. The summed E-state index contributed by atoms with van der Waals surface area (Å²) in [5.74, 6) is -0.566. The van der Waals surface area contributed by atoms with Gasteiger partial charge < -0.3 is 20.9 Å². The van der Waals surface area contributed by atoms with Crippen LogP contribution in [0.4, 0.5) is 0 Å². The molecule has 1 heterocycles. The zero-order valence-corrected chi connectivity index (χ0v) is 12.0. The number of hydrogen-bond donors (Lipinski definition) is 3. The summed E-state index contributed by atoms with van der Waals surface area (Å²) in [5.41, 5.74) is 5.05. The van der Waals surface area contributed by atoms with E-state index in [0.29, 0.717) is 38.2 Å². The molecule has 0 aliphatic carbocycles. The summed E-state index contributed by atoms with van der Waals surface area (Å²) >= 11 is 1.56. The first-order valence-corrected chi connectivity index (χ1v) is 7.75. The second-order valence-electron chi connectivity index (χ2n) is 4.74. The largest absolute Gasteiger partial charge is 0.480 e. The summed E-state index contributed by atoms with van der Waals surface area (Å²) < 4.78 is 5.24. The van der Waals surface area contributed by atoms with Crippen molar-refractivity contribution in [2.75, 3.05) is 31.8 Å².